The molecule has 232 valence electrons. The summed E-state index contributed by atoms with van der Waals surface area (Å²) in [5, 5.41) is 15.7. The van der Waals surface area contributed by atoms with Crippen molar-refractivity contribution in [2.75, 3.05) is 44.6 Å². The van der Waals surface area contributed by atoms with E-state index in [4.69, 9.17) is 14.5 Å². The van der Waals surface area contributed by atoms with E-state index in [2.05, 4.69) is 10.6 Å². The Morgan fingerprint density at radius 1 is 0.977 bits per heavy atom. The van der Waals surface area contributed by atoms with Crippen LogP contribution in [0.2, 0.25) is 0 Å². The van der Waals surface area contributed by atoms with E-state index in [-0.39, 0.29) is 49.6 Å². The van der Waals surface area contributed by atoms with E-state index in [1.807, 2.05) is 36.1 Å². The number of likely N-dealkylation sites (tertiary alicyclic amines) is 2. The second kappa shape index (κ2) is 14.3. The molecule has 44 heavy (non-hydrogen) atoms. The van der Waals surface area contributed by atoms with Gasteiger partial charge in [0.2, 0.25) is 11.8 Å². The molecule has 1 aromatic heterocycles. The molecular weight excluding hydrogens is 562 g/mol. The standard InChI is InChI=1S/C33H39N5O6/c1-22-18-25-19-26(11-12-29(25)44-22)35-30(20-28(40)23-7-9-24(10-8-23)32(42)34-13-17-39)36-27-6-2-3-16-38(33(27)43)21-31(41)37-14-4-5-15-37/h7-12,18-19,27,39H,2-6,13-17,20-21H2,1H3,(H,34,42)(H,35,36)/t27-/m0/s1. The van der Waals surface area contributed by atoms with E-state index in [1.54, 1.807) is 29.2 Å². The van der Waals surface area contributed by atoms with Crippen LogP contribution >= 0.6 is 0 Å². The molecule has 1 atom stereocenters. The Hall–Kier alpha value is -4.51. The maximum Gasteiger partial charge on any atom is 0.251 e. The van der Waals surface area contributed by atoms with Crippen LogP contribution in [-0.4, -0.2) is 89.6 Å². The van der Waals surface area contributed by atoms with Crippen LogP contribution in [0.5, 0.6) is 0 Å². The van der Waals surface area contributed by atoms with Crippen molar-refractivity contribution in [1.82, 2.24) is 15.1 Å². The fourth-order valence-electron chi connectivity index (χ4n) is 5.66. The third kappa shape index (κ3) is 7.71. The van der Waals surface area contributed by atoms with Crippen molar-refractivity contribution in [2.45, 2.75) is 51.5 Å². The van der Waals surface area contributed by atoms with Crippen LogP contribution in [0.3, 0.4) is 0 Å². The van der Waals surface area contributed by atoms with E-state index in [1.165, 1.54) is 0 Å². The van der Waals surface area contributed by atoms with Crippen molar-refractivity contribution in [2.24, 2.45) is 4.99 Å². The van der Waals surface area contributed by atoms with Crippen LogP contribution in [0.25, 0.3) is 11.0 Å². The van der Waals surface area contributed by atoms with Crippen LogP contribution in [0.1, 0.15) is 65.0 Å². The molecule has 0 bridgehead atoms. The highest BCUT2D eigenvalue weighted by atomic mass is 16.3. The smallest absolute Gasteiger partial charge is 0.251 e. The number of aryl methyl sites for hydroxylation is 1. The number of hydrogen-bond donors (Lipinski definition) is 3. The SMILES string of the molecule is Cc1cc2cc(NC(CC(=O)c3ccc(C(=O)NCCO)cc3)=N[C@H]3CCCCN(CC(=O)N4CCCC4)C3=O)ccc2o1. The normalized spacial score (nSPS) is 17.5. The highest BCUT2D eigenvalue weighted by Gasteiger charge is 2.30. The van der Waals surface area contributed by atoms with Crippen molar-refractivity contribution < 1.29 is 28.7 Å². The largest absolute Gasteiger partial charge is 0.461 e. The molecule has 5 rings (SSSR count). The minimum Gasteiger partial charge on any atom is -0.461 e. The van der Waals surface area contributed by atoms with E-state index in [0.717, 1.165) is 55.5 Å². The highest BCUT2D eigenvalue weighted by molar-refractivity contribution is 6.14. The number of Topliss-reactive ketones (excluding diaryl/α,β-unsaturated/α-hetero) is 1. The van der Waals surface area contributed by atoms with Crippen molar-refractivity contribution in [1.29, 1.82) is 0 Å². The molecule has 2 aliphatic rings. The molecule has 0 aliphatic carbocycles. The van der Waals surface area contributed by atoms with Gasteiger partial charge in [0.1, 0.15) is 23.2 Å². The molecule has 0 saturated carbocycles. The third-order valence-electron chi connectivity index (χ3n) is 7.97. The molecular formula is C33H39N5O6. The zero-order chi connectivity index (χ0) is 31.1. The lowest BCUT2D eigenvalue weighted by Gasteiger charge is -2.25. The number of carbonyl (C=O) groups excluding carboxylic acids is 4. The first-order valence-corrected chi connectivity index (χ1v) is 15.2. The van der Waals surface area contributed by atoms with Crippen molar-refractivity contribution in [3.8, 4) is 0 Å². The maximum absolute atomic E-state index is 13.7. The van der Waals surface area contributed by atoms with Crippen LogP contribution in [0.15, 0.2) is 57.9 Å². The summed E-state index contributed by atoms with van der Waals surface area (Å²) < 4.78 is 5.69. The predicted octanol–water partition coefficient (Wildman–Crippen LogP) is 3.55. The van der Waals surface area contributed by atoms with E-state index >= 15 is 0 Å². The number of rotatable bonds is 10. The number of aliphatic imine (C=N–C) groups is 1. The zero-order valence-electron chi connectivity index (χ0n) is 25.0. The number of amides is 3. The zero-order valence-corrected chi connectivity index (χ0v) is 25.0. The average Bonchev–Trinajstić information content (AvgIpc) is 3.66. The fraction of sp³-hybridized carbons (Fsp3) is 0.424. The minimum atomic E-state index is -0.725. The summed E-state index contributed by atoms with van der Waals surface area (Å²) in [5.41, 5.74) is 2.20. The van der Waals surface area contributed by atoms with Gasteiger partial charge in [-0.2, -0.15) is 0 Å². The highest BCUT2D eigenvalue weighted by Crippen LogP contribution is 2.24. The summed E-state index contributed by atoms with van der Waals surface area (Å²) in [5.74, 6) is 0.298. The molecule has 3 amide bonds. The lowest BCUT2D eigenvalue weighted by molar-refractivity contribution is -0.140. The first-order chi connectivity index (χ1) is 21.3. The molecule has 11 heteroatoms. The van der Waals surface area contributed by atoms with Crippen molar-refractivity contribution in [3.63, 3.8) is 0 Å². The number of carbonyl (C=O) groups is 4. The summed E-state index contributed by atoms with van der Waals surface area (Å²) in [6.45, 7) is 3.85. The van der Waals surface area contributed by atoms with Crippen molar-refractivity contribution >= 4 is 46.0 Å². The molecule has 0 spiro atoms. The fourth-order valence-corrected chi connectivity index (χ4v) is 5.66. The molecule has 3 heterocycles. The first-order valence-electron chi connectivity index (χ1n) is 15.2. The molecule has 11 nitrogen and oxygen atoms in total. The number of aliphatic hydroxyl groups is 1. The number of benzene rings is 2. The molecule has 3 aromatic rings. The van der Waals surface area contributed by atoms with Crippen LogP contribution in [0.4, 0.5) is 5.69 Å². The number of nitrogens with zero attached hydrogens (tertiary/aromatic N) is 3. The Labute approximate surface area is 256 Å². The molecule has 2 aromatic carbocycles. The van der Waals surface area contributed by atoms with Crippen LogP contribution < -0.4 is 10.6 Å². The molecule has 3 N–H and O–H groups in total. The Bertz CT molecular complexity index is 1540. The number of ketones is 1. The van der Waals surface area contributed by atoms with Gasteiger partial charge >= 0.3 is 0 Å². The van der Waals surface area contributed by atoms with E-state index in [9.17, 15) is 19.2 Å². The second-order valence-corrected chi connectivity index (χ2v) is 11.3. The molecule has 2 aliphatic heterocycles. The van der Waals surface area contributed by atoms with Gasteiger partial charge in [0.25, 0.3) is 5.91 Å². The lowest BCUT2D eigenvalue weighted by Crippen LogP contribution is -2.45. The number of hydrogen-bond acceptors (Lipinski definition) is 7. The second-order valence-electron chi connectivity index (χ2n) is 11.3. The lowest BCUT2D eigenvalue weighted by atomic mass is 10.0. The number of furan rings is 1. The van der Waals surface area contributed by atoms with E-state index in [0.29, 0.717) is 35.6 Å². The summed E-state index contributed by atoms with van der Waals surface area (Å²) >= 11 is 0. The third-order valence-corrected chi connectivity index (χ3v) is 7.97. The average molecular weight is 602 g/mol. The number of nitrogens with one attached hydrogen (secondary N) is 2. The van der Waals surface area contributed by atoms with E-state index < -0.39 is 6.04 Å². The predicted molar refractivity (Wildman–Crippen MR) is 167 cm³/mol. The molecule has 0 radical (unpaired) electrons. The number of aliphatic hydroxyl groups excluding tert-OH is 1. The topological polar surface area (TPSA) is 145 Å². The molecule has 2 saturated heterocycles. The van der Waals surface area contributed by atoms with Gasteiger partial charge in [-0.05, 0) is 75.4 Å². The molecule has 0 unspecified atom stereocenters. The van der Waals surface area contributed by atoms with Gasteiger partial charge < -0.3 is 30.0 Å². The Balaban J connectivity index is 1.37. The summed E-state index contributed by atoms with van der Waals surface area (Å²) in [6.07, 6.45) is 3.94. The number of fused-ring (bicyclic) bond motifs is 1. The Kier molecular flexibility index (Phi) is 10.1. The van der Waals surface area contributed by atoms with Gasteiger partial charge in [-0.3, -0.25) is 24.2 Å². The van der Waals surface area contributed by atoms with Crippen molar-refractivity contribution in [3.05, 3.63) is 65.4 Å². The first kappa shape index (κ1) is 30.9. The van der Waals surface area contributed by atoms with Crippen LogP contribution in [-0.2, 0) is 9.59 Å². The Morgan fingerprint density at radius 2 is 1.70 bits per heavy atom. The van der Waals surface area contributed by atoms with Gasteiger partial charge in [-0.1, -0.05) is 12.1 Å². The summed E-state index contributed by atoms with van der Waals surface area (Å²) in [4.78, 5) is 60.4. The van der Waals surface area contributed by atoms with Gasteiger partial charge in [-0.25, -0.2) is 0 Å². The minimum absolute atomic E-state index is 0.0359. The summed E-state index contributed by atoms with van der Waals surface area (Å²) in [7, 11) is 0. The summed E-state index contributed by atoms with van der Waals surface area (Å²) in [6, 6.07) is 13.1. The monoisotopic (exact) mass is 601 g/mol. The van der Waals surface area contributed by atoms with Gasteiger partial charge in [0.05, 0.1) is 19.6 Å². The maximum atomic E-state index is 13.7. The van der Waals surface area contributed by atoms with Gasteiger partial charge in [-0.15, -0.1) is 0 Å². The Morgan fingerprint density at radius 3 is 2.45 bits per heavy atom. The van der Waals surface area contributed by atoms with Crippen LogP contribution in [0, 0.1) is 6.92 Å². The quantitative estimate of drug-likeness (QED) is 0.183. The van der Waals surface area contributed by atoms with Gasteiger partial charge in [0, 0.05) is 48.4 Å². The molecule has 2 fully saturated rings. The van der Waals surface area contributed by atoms with Gasteiger partial charge in [0.15, 0.2) is 5.78 Å². The number of amidine groups is 1. The number of anilines is 1.